The summed E-state index contributed by atoms with van der Waals surface area (Å²) >= 11 is 0. The number of rotatable bonds is 10. The van der Waals surface area contributed by atoms with Gasteiger partial charge in [-0.25, -0.2) is 0 Å². The Morgan fingerprint density at radius 2 is 0.658 bits per heavy atom. The van der Waals surface area contributed by atoms with Gasteiger partial charge in [-0.15, -0.1) is 0 Å². The number of hydrogen-bond acceptors (Lipinski definition) is 3. The summed E-state index contributed by atoms with van der Waals surface area (Å²) in [6.07, 6.45) is 0. The van der Waals surface area contributed by atoms with Crippen molar-refractivity contribution >= 4 is 99.2 Å². The molecule has 15 rings (SSSR count). The molecule has 0 bridgehead atoms. The molecule has 0 saturated heterocycles. The van der Waals surface area contributed by atoms with E-state index in [0.29, 0.717) is 0 Å². The first-order chi connectivity index (χ1) is 39.1. The fourth-order valence-electron chi connectivity index (χ4n) is 12.0. The largest absolute Gasteiger partial charge is 0.455 e. The molecule has 1 heterocycles. The smallest absolute Gasteiger partial charge is 0.143 e. The Morgan fingerprint density at radius 1 is 0.215 bits per heavy atom. The second-order valence-electron chi connectivity index (χ2n) is 20.5. The van der Waals surface area contributed by atoms with Gasteiger partial charge in [0.15, 0.2) is 0 Å². The van der Waals surface area contributed by atoms with Crippen LogP contribution >= 0.6 is 0 Å². The van der Waals surface area contributed by atoms with E-state index < -0.39 is 0 Å². The quantitative estimate of drug-likeness (QED) is 0.127. The van der Waals surface area contributed by atoms with Crippen molar-refractivity contribution in [2.24, 2.45) is 0 Å². The second kappa shape index (κ2) is 19.3. The van der Waals surface area contributed by atoms with Gasteiger partial charge in [0.2, 0.25) is 0 Å². The Hall–Kier alpha value is -10.5. The first kappa shape index (κ1) is 45.9. The van der Waals surface area contributed by atoms with E-state index in [-0.39, 0.29) is 0 Å². The third kappa shape index (κ3) is 8.24. The fraction of sp³-hybridized carbons (Fsp3) is 0. The molecule has 1 aromatic heterocycles. The topological polar surface area (TPSA) is 19.6 Å². The fourth-order valence-corrected chi connectivity index (χ4v) is 12.0. The number of para-hydroxylation sites is 1. The molecule has 3 heteroatoms. The van der Waals surface area contributed by atoms with Crippen LogP contribution in [0.25, 0.3) is 110 Å². The average Bonchev–Trinajstić information content (AvgIpc) is 3.95. The number of hydrogen-bond donors (Lipinski definition) is 0. The predicted octanol–water partition coefficient (Wildman–Crippen LogP) is 21.8. The van der Waals surface area contributed by atoms with E-state index in [1.54, 1.807) is 0 Å². The molecule has 0 fully saturated rings. The molecule has 0 atom stereocenters. The number of nitrogens with zero attached hydrogens (tertiary/aromatic N) is 2. The van der Waals surface area contributed by atoms with Crippen molar-refractivity contribution in [1.82, 2.24) is 0 Å². The lowest BCUT2D eigenvalue weighted by molar-refractivity contribution is 0.673. The lowest BCUT2D eigenvalue weighted by Crippen LogP contribution is -2.13. The summed E-state index contributed by atoms with van der Waals surface area (Å²) in [5, 5.41) is 11.8. The van der Waals surface area contributed by atoms with Crippen LogP contribution in [-0.2, 0) is 0 Å². The molecule has 0 spiro atoms. The van der Waals surface area contributed by atoms with Crippen molar-refractivity contribution in [1.29, 1.82) is 0 Å². The van der Waals surface area contributed by atoms with Crippen LogP contribution in [0.5, 0.6) is 0 Å². The van der Waals surface area contributed by atoms with Gasteiger partial charge in [-0.3, -0.25) is 0 Å². The maximum absolute atomic E-state index is 6.82. The van der Waals surface area contributed by atoms with Crippen molar-refractivity contribution < 1.29 is 4.42 Å². The van der Waals surface area contributed by atoms with E-state index in [0.717, 1.165) is 100 Å². The van der Waals surface area contributed by atoms with E-state index in [9.17, 15) is 0 Å². The van der Waals surface area contributed by atoms with E-state index in [1.165, 1.54) is 43.6 Å². The highest BCUT2D eigenvalue weighted by Gasteiger charge is 2.22. The third-order valence-corrected chi connectivity index (χ3v) is 15.7. The van der Waals surface area contributed by atoms with Crippen LogP contribution in [0.15, 0.2) is 308 Å². The maximum atomic E-state index is 6.82. The van der Waals surface area contributed by atoms with Gasteiger partial charge < -0.3 is 14.2 Å². The van der Waals surface area contributed by atoms with Crippen LogP contribution in [0.2, 0.25) is 0 Å². The molecule has 15 aromatic rings. The number of fused-ring (bicyclic) bond motifs is 10. The molecular weight excluding hydrogens is 957 g/mol. The predicted molar refractivity (Wildman–Crippen MR) is 335 cm³/mol. The van der Waals surface area contributed by atoms with Gasteiger partial charge in [0.05, 0.1) is 0 Å². The minimum absolute atomic E-state index is 0.890. The Labute approximate surface area is 458 Å². The van der Waals surface area contributed by atoms with Gasteiger partial charge in [0, 0.05) is 50.3 Å². The molecule has 79 heavy (non-hydrogen) atoms. The van der Waals surface area contributed by atoms with Crippen LogP contribution in [0.3, 0.4) is 0 Å². The molecule has 0 aliphatic rings. The Kier molecular flexibility index (Phi) is 11.2. The van der Waals surface area contributed by atoms with Gasteiger partial charge >= 0.3 is 0 Å². The first-order valence-electron chi connectivity index (χ1n) is 27.0. The molecular formula is C76H50N2O. The molecule has 0 radical (unpaired) electrons. The van der Waals surface area contributed by atoms with Crippen molar-refractivity contribution in [3.8, 4) is 44.5 Å². The standard InChI is InChI=1S/C76H50N2O/c1-4-18-51(19-5-1)54-38-41-63(42-39-54)77(62-25-8-3-9-26-62)66-48-61(49-67(50-66)78(65-43-40-53-22-10-11-23-55(53)47-65)64-27-16-24-56(46-64)52-20-6-2-7-21-52)59-35-34-58-45-60(37-36-57(58)44-59)68-32-17-33-73-74(68)75-71-30-14-12-28-69(71)70-29-13-15-31-72(70)76(75)79-73/h1-50H. The molecule has 3 nitrogen and oxygen atoms in total. The van der Waals surface area contributed by atoms with Gasteiger partial charge in [0.1, 0.15) is 11.2 Å². The molecule has 0 saturated carbocycles. The normalized spacial score (nSPS) is 11.5. The molecule has 14 aromatic carbocycles. The first-order valence-corrected chi connectivity index (χ1v) is 27.0. The van der Waals surface area contributed by atoms with Crippen LogP contribution in [0.1, 0.15) is 0 Å². The van der Waals surface area contributed by atoms with Crippen molar-refractivity contribution in [2.75, 3.05) is 9.80 Å². The SMILES string of the molecule is c1ccc(-c2ccc(N(c3ccccc3)c3cc(-c4ccc5cc(-c6cccc7oc8c9ccccc9c9ccccc9c8c67)ccc5c4)cc(N(c4cccc(-c5ccccc5)c4)c4ccc5ccccc5c4)c3)cc2)cc1. The zero-order chi connectivity index (χ0) is 52.2. The van der Waals surface area contributed by atoms with Crippen molar-refractivity contribution in [3.63, 3.8) is 0 Å². The summed E-state index contributed by atoms with van der Waals surface area (Å²) in [4.78, 5) is 4.81. The second-order valence-corrected chi connectivity index (χ2v) is 20.5. The molecule has 370 valence electrons. The maximum Gasteiger partial charge on any atom is 0.143 e. The van der Waals surface area contributed by atoms with E-state index in [4.69, 9.17) is 4.42 Å². The Bertz CT molecular complexity index is 4780. The number of furan rings is 1. The summed E-state index contributed by atoms with van der Waals surface area (Å²) in [5.41, 5.74) is 17.3. The molecule has 0 unspecified atom stereocenters. The molecule has 0 amide bonds. The van der Waals surface area contributed by atoms with Crippen LogP contribution in [0, 0.1) is 0 Å². The summed E-state index contributed by atoms with van der Waals surface area (Å²) in [6.45, 7) is 0. The van der Waals surface area contributed by atoms with Crippen LogP contribution in [0.4, 0.5) is 34.1 Å². The number of anilines is 6. The summed E-state index contributed by atoms with van der Waals surface area (Å²) in [6, 6.07) is 110. The van der Waals surface area contributed by atoms with E-state index >= 15 is 0 Å². The van der Waals surface area contributed by atoms with Gasteiger partial charge in [-0.2, -0.15) is 0 Å². The van der Waals surface area contributed by atoms with Crippen molar-refractivity contribution in [2.45, 2.75) is 0 Å². The van der Waals surface area contributed by atoms with Gasteiger partial charge in [0.25, 0.3) is 0 Å². The third-order valence-electron chi connectivity index (χ3n) is 15.7. The zero-order valence-electron chi connectivity index (χ0n) is 43.2. The highest BCUT2D eigenvalue weighted by atomic mass is 16.3. The monoisotopic (exact) mass is 1010 g/mol. The lowest BCUT2D eigenvalue weighted by Gasteiger charge is -2.31. The average molecular weight is 1010 g/mol. The zero-order valence-corrected chi connectivity index (χ0v) is 43.2. The lowest BCUT2D eigenvalue weighted by atomic mass is 9.92. The molecule has 0 aliphatic carbocycles. The Balaban J connectivity index is 0.919. The molecule has 0 aliphatic heterocycles. The summed E-state index contributed by atoms with van der Waals surface area (Å²) in [5.74, 6) is 0. The van der Waals surface area contributed by atoms with Crippen molar-refractivity contribution in [3.05, 3.63) is 303 Å². The summed E-state index contributed by atoms with van der Waals surface area (Å²) < 4.78 is 6.82. The van der Waals surface area contributed by atoms with E-state index in [1.807, 2.05) is 0 Å². The minimum atomic E-state index is 0.890. The van der Waals surface area contributed by atoms with E-state index in [2.05, 4.69) is 313 Å². The highest BCUT2D eigenvalue weighted by molar-refractivity contribution is 6.32. The van der Waals surface area contributed by atoms with Gasteiger partial charge in [-0.05, 0) is 167 Å². The molecule has 0 N–H and O–H groups in total. The summed E-state index contributed by atoms with van der Waals surface area (Å²) in [7, 11) is 0. The Morgan fingerprint density at radius 3 is 1.39 bits per heavy atom. The minimum Gasteiger partial charge on any atom is -0.455 e. The van der Waals surface area contributed by atoms with Crippen LogP contribution < -0.4 is 9.80 Å². The highest BCUT2D eigenvalue weighted by Crippen LogP contribution is 2.47. The number of benzene rings is 14. The van der Waals surface area contributed by atoms with Crippen LogP contribution in [-0.4, -0.2) is 0 Å². The van der Waals surface area contributed by atoms with Gasteiger partial charge in [-0.1, -0.05) is 218 Å².